The van der Waals surface area contributed by atoms with E-state index in [4.69, 9.17) is 10.00 Å². The van der Waals surface area contributed by atoms with Crippen molar-refractivity contribution in [3.63, 3.8) is 0 Å². The van der Waals surface area contributed by atoms with Crippen molar-refractivity contribution < 1.29 is 4.74 Å². The van der Waals surface area contributed by atoms with E-state index in [-0.39, 0.29) is 11.5 Å². The Balaban J connectivity index is 3.71. The van der Waals surface area contributed by atoms with Gasteiger partial charge in [0.05, 0.1) is 12.7 Å². The first-order chi connectivity index (χ1) is 5.02. The molecular weight excluding hydrogens is 138 g/mol. The zero-order valence-electron chi connectivity index (χ0n) is 7.42. The quantitative estimate of drug-likeness (QED) is 0.579. The highest BCUT2D eigenvalue weighted by Crippen LogP contribution is 2.16. The van der Waals surface area contributed by atoms with Crippen molar-refractivity contribution in [2.75, 3.05) is 6.61 Å². The molecule has 0 heterocycles. The van der Waals surface area contributed by atoms with Crippen molar-refractivity contribution in [2.24, 2.45) is 5.41 Å². The molecule has 0 radical (unpaired) electrons. The molecule has 0 aromatic rings. The summed E-state index contributed by atoms with van der Waals surface area (Å²) in [7, 11) is 0. The number of hydrogen-bond donors (Lipinski definition) is 0. The van der Waals surface area contributed by atoms with Crippen molar-refractivity contribution in [1.29, 1.82) is 5.26 Å². The van der Waals surface area contributed by atoms with Gasteiger partial charge in [0.25, 0.3) is 0 Å². The van der Waals surface area contributed by atoms with Gasteiger partial charge in [-0.2, -0.15) is 5.26 Å². The molecule has 0 saturated heterocycles. The highest BCUT2D eigenvalue weighted by molar-refractivity contribution is 4.88. The van der Waals surface area contributed by atoms with Gasteiger partial charge in [-0.05, 0) is 6.92 Å². The molecule has 0 aromatic carbocycles. The molecule has 0 aliphatic carbocycles. The Kier molecular flexibility index (Phi) is 3.84. The Morgan fingerprint density at radius 1 is 1.73 bits per heavy atom. The fourth-order valence-electron chi connectivity index (χ4n) is 0.436. The van der Waals surface area contributed by atoms with Crippen LogP contribution in [0.2, 0.25) is 0 Å². The number of hydrogen-bond acceptors (Lipinski definition) is 2. The average Bonchev–Trinajstić information content (AvgIpc) is 2.00. The first-order valence-corrected chi connectivity index (χ1v) is 3.66. The van der Waals surface area contributed by atoms with E-state index in [1.54, 1.807) is 6.92 Å². The Morgan fingerprint density at radius 2 is 2.27 bits per heavy atom. The maximum atomic E-state index is 8.40. The minimum Gasteiger partial charge on any atom is -0.363 e. The molecule has 62 valence electrons. The van der Waals surface area contributed by atoms with E-state index in [1.165, 1.54) is 0 Å². The summed E-state index contributed by atoms with van der Waals surface area (Å²) in [6.07, 6.45) is 1.51. The molecule has 0 saturated carbocycles. The molecule has 11 heavy (non-hydrogen) atoms. The molecule has 0 amide bonds. The SMILES string of the molecule is C=CC(C)(C)COC(C)C#N. The summed E-state index contributed by atoms with van der Waals surface area (Å²) in [6.45, 7) is 9.99. The molecule has 2 heteroatoms. The monoisotopic (exact) mass is 153 g/mol. The lowest BCUT2D eigenvalue weighted by Gasteiger charge is -2.19. The molecule has 0 spiro atoms. The molecule has 0 bridgehead atoms. The Bertz CT molecular complexity index is 167. The van der Waals surface area contributed by atoms with E-state index in [0.29, 0.717) is 6.61 Å². The van der Waals surface area contributed by atoms with Gasteiger partial charge in [0.2, 0.25) is 0 Å². The van der Waals surface area contributed by atoms with Gasteiger partial charge in [0.15, 0.2) is 0 Å². The highest BCUT2D eigenvalue weighted by Gasteiger charge is 2.14. The van der Waals surface area contributed by atoms with Crippen molar-refractivity contribution in [2.45, 2.75) is 26.9 Å². The zero-order chi connectivity index (χ0) is 8.91. The molecule has 0 fully saturated rings. The second-order valence-electron chi connectivity index (χ2n) is 3.28. The van der Waals surface area contributed by atoms with Crippen molar-refractivity contribution >= 4 is 0 Å². The van der Waals surface area contributed by atoms with Crippen molar-refractivity contribution in [3.8, 4) is 6.07 Å². The standard InChI is InChI=1S/C9H15NO/c1-5-9(3,4)7-11-8(2)6-10/h5,8H,1,7H2,2-4H3. The summed E-state index contributed by atoms with van der Waals surface area (Å²) < 4.78 is 5.21. The van der Waals surface area contributed by atoms with Crippen LogP contribution in [-0.2, 0) is 4.74 Å². The van der Waals surface area contributed by atoms with E-state index in [0.717, 1.165) is 0 Å². The second-order valence-corrected chi connectivity index (χ2v) is 3.28. The van der Waals surface area contributed by atoms with E-state index >= 15 is 0 Å². The number of rotatable bonds is 4. The maximum absolute atomic E-state index is 8.40. The lowest BCUT2D eigenvalue weighted by atomic mass is 9.95. The lowest BCUT2D eigenvalue weighted by Crippen LogP contribution is -2.19. The molecule has 0 aliphatic rings. The first-order valence-electron chi connectivity index (χ1n) is 3.66. The molecule has 2 nitrogen and oxygen atoms in total. The van der Waals surface area contributed by atoms with Crippen LogP contribution < -0.4 is 0 Å². The Morgan fingerprint density at radius 3 is 2.64 bits per heavy atom. The summed E-state index contributed by atoms with van der Waals surface area (Å²) in [5, 5.41) is 8.40. The molecule has 1 atom stereocenters. The minimum absolute atomic E-state index is 0.0366. The van der Waals surface area contributed by atoms with Crippen LogP contribution in [0.1, 0.15) is 20.8 Å². The van der Waals surface area contributed by atoms with Gasteiger partial charge in [0, 0.05) is 5.41 Å². The maximum Gasteiger partial charge on any atom is 0.141 e. The van der Waals surface area contributed by atoms with Gasteiger partial charge >= 0.3 is 0 Å². The van der Waals surface area contributed by atoms with E-state index < -0.39 is 0 Å². The topological polar surface area (TPSA) is 33.0 Å². The summed E-state index contributed by atoms with van der Waals surface area (Å²) in [4.78, 5) is 0. The normalized spacial score (nSPS) is 13.6. The van der Waals surface area contributed by atoms with Crippen LogP contribution >= 0.6 is 0 Å². The third kappa shape index (κ3) is 4.58. The van der Waals surface area contributed by atoms with Crippen molar-refractivity contribution in [3.05, 3.63) is 12.7 Å². The summed E-state index contributed by atoms with van der Waals surface area (Å²) in [5.74, 6) is 0. The van der Waals surface area contributed by atoms with Gasteiger partial charge in [-0.25, -0.2) is 0 Å². The third-order valence-electron chi connectivity index (χ3n) is 1.44. The summed E-state index contributed by atoms with van der Waals surface area (Å²) >= 11 is 0. The third-order valence-corrected chi connectivity index (χ3v) is 1.44. The van der Waals surface area contributed by atoms with Crippen LogP contribution in [0.15, 0.2) is 12.7 Å². The van der Waals surface area contributed by atoms with Gasteiger partial charge in [0.1, 0.15) is 6.10 Å². The van der Waals surface area contributed by atoms with E-state index in [9.17, 15) is 0 Å². The molecule has 0 N–H and O–H groups in total. The Hall–Kier alpha value is -0.810. The molecule has 0 aromatic heterocycles. The van der Waals surface area contributed by atoms with Crippen molar-refractivity contribution in [1.82, 2.24) is 0 Å². The Labute approximate surface area is 68.5 Å². The zero-order valence-corrected chi connectivity index (χ0v) is 7.42. The van der Waals surface area contributed by atoms with Crippen LogP contribution in [-0.4, -0.2) is 12.7 Å². The van der Waals surface area contributed by atoms with Gasteiger partial charge < -0.3 is 4.74 Å². The minimum atomic E-state index is -0.325. The summed E-state index contributed by atoms with van der Waals surface area (Å²) in [6, 6.07) is 2.01. The number of ether oxygens (including phenoxy) is 1. The van der Waals surface area contributed by atoms with Crippen LogP contribution in [0, 0.1) is 16.7 Å². The lowest BCUT2D eigenvalue weighted by molar-refractivity contribution is 0.0573. The van der Waals surface area contributed by atoms with Crippen LogP contribution in [0.25, 0.3) is 0 Å². The molecule has 0 rings (SSSR count). The fourth-order valence-corrected chi connectivity index (χ4v) is 0.436. The number of nitriles is 1. The fraction of sp³-hybridized carbons (Fsp3) is 0.667. The molecule has 1 unspecified atom stereocenters. The molecule has 0 aliphatic heterocycles. The van der Waals surface area contributed by atoms with E-state index in [2.05, 4.69) is 6.58 Å². The predicted octanol–water partition coefficient (Wildman–Crippen LogP) is 2.13. The smallest absolute Gasteiger partial charge is 0.141 e. The highest BCUT2D eigenvalue weighted by atomic mass is 16.5. The molecular formula is C9H15NO. The van der Waals surface area contributed by atoms with Gasteiger partial charge in [-0.3, -0.25) is 0 Å². The number of nitrogens with zero attached hydrogens (tertiary/aromatic N) is 1. The predicted molar refractivity (Wildman–Crippen MR) is 45.0 cm³/mol. The van der Waals surface area contributed by atoms with Gasteiger partial charge in [-0.1, -0.05) is 19.9 Å². The first kappa shape index (κ1) is 10.2. The largest absolute Gasteiger partial charge is 0.363 e. The second kappa shape index (κ2) is 4.15. The van der Waals surface area contributed by atoms with Gasteiger partial charge in [-0.15, -0.1) is 6.58 Å². The van der Waals surface area contributed by atoms with Crippen LogP contribution in [0.3, 0.4) is 0 Å². The summed E-state index contributed by atoms with van der Waals surface area (Å²) in [5.41, 5.74) is -0.0366. The van der Waals surface area contributed by atoms with Crippen LogP contribution in [0.5, 0.6) is 0 Å². The van der Waals surface area contributed by atoms with E-state index in [1.807, 2.05) is 26.0 Å². The average molecular weight is 153 g/mol. The van der Waals surface area contributed by atoms with Crippen LogP contribution in [0.4, 0.5) is 0 Å².